The second kappa shape index (κ2) is 8.57. The number of nitrogens with one attached hydrogen (secondary N) is 1. The van der Waals surface area contributed by atoms with Crippen LogP contribution in [0.15, 0.2) is 30.3 Å². The molecule has 0 bridgehead atoms. The molecule has 0 aliphatic heterocycles. The van der Waals surface area contributed by atoms with Gasteiger partial charge in [-0.2, -0.15) is 0 Å². The van der Waals surface area contributed by atoms with Gasteiger partial charge in [-0.3, -0.25) is 0 Å². The smallest absolute Gasteiger partial charge is 0.0405 e. The summed E-state index contributed by atoms with van der Waals surface area (Å²) in [6, 6.07) is 9.44. The lowest BCUT2D eigenvalue weighted by atomic mass is 10.4. The number of benzene rings is 1. The molecule has 1 nitrogen and oxygen atoms in total. The molecule has 1 aromatic rings. The molecule has 68 valence electrons. The summed E-state index contributed by atoms with van der Waals surface area (Å²) in [4.78, 5) is 0. The first kappa shape index (κ1) is 11.5. The summed E-state index contributed by atoms with van der Waals surface area (Å²) in [5.41, 5.74) is 0. The third kappa shape index (κ3) is 7.58. The minimum Gasteiger partial charge on any atom is -0.320 e. The van der Waals surface area contributed by atoms with E-state index in [-0.39, 0.29) is 0 Å². The zero-order valence-corrected chi connectivity index (χ0v) is 8.43. The van der Waals surface area contributed by atoms with Gasteiger partial charge in [0.25, 0.3) is 0 Å². The quantitative estimate of drug-likeness (QED) is 0.747. The number of rotatable bonds is 2. The van der Waals surface area contributed by atoms with Gasteiger partial charge in [0.1, 0.15) is 0 Å². The van der Waals surface area contributed by atoms with E-state index in [1.54, 1.807) is 0 Å². The highest BCUT2D eigenvalue weighted by Gasteiger charge is 1.74. The monoisotopic (exact) mass is 185 g/mol. The van der Waals surface area contributed by atoms with Gasteiger partial charge in [-0.05, 0) is 32.1 Å². The summed E-state index contributed by atoms with van der Waals surface area (Å²) < 4.78 is 0. The van der Waals surface area contributed by atoms with Gasteiger partial charge < -0.3 is 5.32 Å². The molecular weight excluding hydrogens is 170 g/mol. The number of hydrogen-bond acceptors (Lipinski definition) is 1. The van der Waals surface area contributed by atoms with Gasteiger partial charge in [-0.25, -0.2) is 0 Å². The van der Waals surface area contributed by atoms with Crippen molar-refractivity contribution in [1.29, 1.82) is 0 Å². The summed E-state index contributed by atoms with van der Waals surface area (Å²) in [5.74, 6) is 0. The largest absolute Gasteiger partial charge is 0.320 e. The van der Waals surface area contributed by atoms with Gasteiger partial charge in [0.2, 0.25) is 0 Å². The number of hydrogen-bond donors (Lipinski definition) is 1. The van der Waals surface area contributed by atoms with Crippen molar-refractivity contribution in [2.24, 2.45) is 0 Å². The SMILES string of the molecule is CCCNC.Clc1ccccc1. The highest BCUT2D eigenvalue weighted by Crippen LogP contribution is 2.03. The van der Waals surface area contributed by atoms with Gasteiger partial charge in [0, 0.05) is 5.02 Å². The van der Waals surface area contributed by atoms with Crippen LogP contribution >= 0.6 is 11.6 Å². The molecule has 1 aromatic carbocycles. The lowest BCUT2D eigenvalue weighted by Gasteiger charge is -1.84. The molecule has 0 aliphatic rings. The van der Waals surface area contributed by atoms with Gasteiger partial charge in [-0.1, -0.05) is 36.7 Å². The highest BCUT2D eigenvalue weighted by atomic mass is 35.5. The molecule has 2 heteroatoms. The Balaban J connectivity index is 0.000000217. The fourth-order valence-corrected chi connectivity index (χ4v) is 0.810. The fraction of sp³-hybridized carbons (Fsp3) is 0.400. The molecule has 0 amide bonds. The Morgan fingerprint density at radius 3 is 2.00 bits per heavy atom. The van der Waals surface area contributed by atoms with Crippen LogP contribution in [0.5, 0.6) is 0 Å². The molecule has 1 N–H and O–H groups in total. The highest BCUT2D eigenvalue weighted by molar-refractivity contribution is 6.30. The van der Waals surface area contributed by atoms with Crippen molar-refractivity contribution < 1.29 is 0 Å². The molecule has 0 saturated carbocycles. The molecule has 0 unspecified atom stereocenters. The Bertz CT molecular complexity index is 172. The molecule has 0 aliphatic carbocycles. The first-order valence-corrected chi connectivity index (χ1v) is 4.54. The normalized spacial score (nSPS) is 8.58. The van der Waals surface area contributed by atoms with Crippen LogP contribution in [0.4, 0.5) is 0 Å². The Morgan fingerprint density at radius 2 is 1.83 bits per heavy atom. The van der Waals surface area contributed by atoms with E-state index in [1.165, 1.54) is 6.42 Å². The van der Waals surface area contributed by atoms with Crippen LogP contribution in [0.3, 0.4) is 0 Å². The van der Waals surface area contributed by atoms with Crippen molar-refractivity contribution in [2.45, 2.75) is 13.3 Å². The van der Waals surface area contributed by atoms with Crippen LogP contribution in [-0.4, -0.2) is 13.6 Å². The standard InChI is InChI=1S/C6H5Cl.C4H11N/c7-6-4-2-1-3-5-6;1-3-4-5-2/h1-5H;5H,3-4H2,1-2H3. The van der Waals surface area contributed by atoms with Gasteiger partial charge in [-0.15, -0.1) is 0 Å². The van der Waals surface area contributed by atoms with Crippen molar-refractivity contribution in [3.05, 3.63) is 35.4 Å². The van der Waals surface area contributed by atoms with Gasteiger partial charge in [0.05, 0.1) is 0 Å². The minimum atomic E-state index is 0.794. The summed E-state index contributed by atoms with van der Waals surface area (Å²) in [5, 5.41) is 3.81. The molecule has 0 spiro atoms. The number of halogens is 1. The van der Waals surface area contributed by atoms with Crippen LogP contribution in [-0.2, 0) is 0 Å². The zero-order chi connectivity index (χ0) is 9.23. The van der Waals surface area contributed by atoms with Crippen LogP contribution in [0, 0.1) is 0 Å². The maximum Gasteiger partial charge on any atom is 0.0405 e. The van der Waals surface area contributed by atoms with Crippen LogP contribution in [0.25, 0.3) is 0 Å². The van der Waals surface area contributed by atoms with E-state index >= 15 is 0 Å². The van der Waals surface area contributed by atoms with E-state index in [0.29, 0.717) is 0 Å². The third-order valence-electron chi connectivity index (χ3n) is 1.23. The lowest BCUT2D eigenvalue weighted by Crippen LogP contribution is -2.04. The third-order valence-corrected chi connectivity index (χ3v) is 1.49. The average Bonchev–Trinajstić information content (AvgIpc) is 2.08. The first-order valence-electron chi connectivity index (χ1n) is 4.16. The molecule has 0 radical (unpaired) electrons. The van der Waals surface area contributed by atoms with E-state index in [2.05, 4.69) is 12.2 Å². The van der Waals surface area contributed by atoms with Crippen molar-refractivity contribution in [3.63, 3.8) is 0 Å². The Hall–Kier alpha value is -0.530. The van der Waals surface area contributed by atoms with E-state index in [0.717, 1.165) is 11.6 Å². The van der Waals surface area contributed by atoms with Crippen LogP contribution in [0.2, 0.25) is 5.02 Å². The predicted octanol–water partition coefficient (Wildman–Crippen LogP) is 2.96. The summed E-state index contributed by atoms with van der Waals surface area (Å²) >= 11 is 5.54. The lowest BCUT2D eigenvalue weighted by molar-refractivity contribution is 0.772. The first-order chi connectivity index (χ1) is 5.81. The van der Waals surface area contributed by atoms with E-state index in [1.807, 2.05) is 37.4 Å². The average molecular weight is 186 g/mol. The molecule has 0 saturated heterocycles. The van der Waals surface area contributed by atoms with E-state index in [9.17, 15) is 0 Å². The Morgan fingerprint density at radius 1 is 1.25 bits per heavy atom. The Labute approximate surface area is 79.8 Å². The maximum absolute atomic E-state index is 5.54. The molecule has 0 atom stereocenters. The summed E-state index contributed by atoms with van der Waals surface area (Å²) in [6.07, 6.45) is 1.23. The van der Waals surface area contributed by atoms with Crippen molar-refractivity contribution in [3.8, 4) is 0 Å². The van der Waals surface area contributed by atoms with Crippen molar-refractivity contribution in [1.82, 2.24) is 5.32 Å². The van der Waals surface area contributed by atoms with Crippen molar-refractivity contribution in [2.75, 3.05) is 13.6 Å². The summed E-state index contributed by atoms with van der Waals surface area (Å²) in [6.45, 7) is 3.29. The molecule has 0 heterocycles. The Kier molecular flexibility index (Phi) is 8.19. The second-order valence-corrected chi connectivity index (χ2v) is 2.84. The van der Waals surface area contributed by atoms with Crippen molar-refractivity contribution >= 4 is 11.6 Å². The second-order valence-electron chi connectivity index (χ2n) is 2.40. The maximum atomic E-state index is 5.54. The van der Waals surface area contributed by atoms with E-state index < -0.39 is 0 Å². The zero-order valence-electron chi connectivity index (χ0n) is 7.68. The predicted molar refractivity (Wildman–Crippen MR) is 55.7 cm³/mol. The molecule has 1 rings (SSSR count). The minimum absolute atomic E-state index is 0.794. The van der Waals surface area contributed by atoms with Gasteiger partial charge in [0.15, 0.2) is 0 Å². The molecule has 0 fully saturated rings. The van der Waals surface area contributed by atoms with Crippen LogP contribution in [0.1, 0.15) is 13.3 Å². The topological polar surface area (TPSA) is 12.0 Å². The van der Waals surface area contributed by atoms with Crippen LogP contribution < -0.4 is 5.32 Å². The fourth-order valence-electron chi connectivity index (χ4n) is 0.665. The molecule has 12 heavy (non-hydrogen) atoms. The summed E-state index contributed by atoms with van der Waals surface area (Å²) in [7, 11) is 1.96. The molecular formula is C10H16ClN. The molecule has 0 aromatic heterocycles. The van der Waals surface area contributed by atoms with Gasteiger partial charge >= 0.3 is 0 Å². The van der Waals surface area contributed by atoms with E-state index in [4.69, 9.17) is 11.6 Å².